The van der Waals surface area contributed by atoms with E-state index in [4.69, 9.17) is 10.1 Å². The van der Waals surface area contributed by atoms with E-state index in [0.717, 1.165) is 11.3 Å². The molecule has 0 spiro atoms. The van der Waals surface area contributed by atoms with E-state index in [2.05, 4.69) is 112 Å². The topological polar surface area (TPSA) is 50.2 Å². The van der Waals surface area contributed by atoms with Gasteiger partial charge in [-0.2, -0.15) is 0 Å². The van der Waals surface area contributed by atoms with E-state index in [0.29, 0.717) is 0 Å². The van der Waals surface area contributed by atoms with Gasteiger partial charge in [-0.1, -0.05) is 0 Å². The van der Waals surface area contributed by atoms with E-state index >= 15 is 0 Å². The van der Waals surface area contributed by atoms with Gasteiger partial charge in [0.15, 0.2) is 5.78 Å². The van der Waals surface area contributed by atoms with Gasteiger partial charge in [0.2, 0.25) is 0 Å². The fourth-order valence-electron chi connectivity index (χ4n) is 5.69. The number of carbonyl (C=O) groups is 1. The minimum atomic E-state index is -1.91. The van der Waals surface area contributed by atoms with Crippen LogP contribution >= 0.6 is 0 Å². The Morgan fingerprint density at radius 1 is 0.976 bits per heavy atom. The molecule has 0 fully saturated rings. The Balaban J connectivity index is 0.000000516. The van der Waals surface area contributed by atoms with Crippen LogP contribution in [0.3, 0.4) is 0 Å². The molecular formula is C35H42GeIrNO2Si-. The van der Waals surface area contributed by atoms with Gasteiger partial charge in [0.25, 0.3) is 0 Å². The van der Waals surface area contributed by atoms with Crippen LogP contribution in [0, 0.1) is 6.07 Å². The van der Waals surface area contributed by atoms with Gasteiger partial charge < -0.3 is 5.11 Å². The van der Waals surface area contributed by atoms with Gasteiger partial charge in [-0.15, -0.1) is 0 Å². The van der Waals surface area contributed by atoms with Crippen molar-refractivity contribution in [2.75, 3.05) is 0 Å². The summed E-state index contributed by atoms with van der Waals surface area (Å²) in [6.07, 6.45) is 3.17. The first-order valence-corrected chi connectivity index (χ1v) is 24.3. The summed E-state index contributed by atoms with van der Waals surface area (Å²) in [6, 6.07) is 24.4. The predicted octanol–water partition coefficient (Wildman–Crippen LogP) is 7.38. The molecule has 41 heavy (non-hydrogen) atoms. The SMILES string of the molecule is CC(=O)/C=C(/C)O.CC(C)(C)c1cc(-c2nccc3c2[Si](C)(C)c2c[c]([Ge]([CH3])([CH3])[CH3])ccc2-3)[c-]c2ccccc12.[Ir]. The number of hydrogen-bond acceptors (Lipinski definition) is 3. The average molecular weight is 802 g/mol. The maximum absolute atomic E-state index is 10.0. The Morgan fingerprint density at radius 2 is 1.63 bits per heavy atom. The Bertz CT molecular complexity index is 1640. The van der Waals surface area contributed by atoms with E-state index in [1.54, 1.807) is 9.58 Å². The first-order valence-electron chi connectivity index (χ1n) is 14.0. The van der Waals surface area contributed by atoms with Crippen molar-refractivity contribution in [1.29, 1.82) is 0 Å². The molecule has 0 unspecified atom stereocenters. The summed E-state index contributed by atoms with van der Waals surface area (Å²) in [5.41, 5.74) is 6.50. The number of allylic oxidation sites excluding steroid dienone is 2. The Morgan fingerprint density at radius 3 is 2.20 bits per heavy atom. The number of benzene rings is 3. The van der Waals surface area contributed by atoms with Crippen LogP contribution in [0.4, 0.5) is 0 Å². The molecule has 6 heteroatoms. The van der Waals surface area contributed by atoms with Crippen molar-refractivity contribution in [1.82, 2.24) is 4.98 Å². The summed E-state index contributed by atoms with van der Waals surface area (Å²) in [5, 5.41) is 13.9. The smallest absolute Gasteiger partial charge is 0 e. The van der Waals surface area contributed by atoms with E-state index in [1.165, 1.54) is 52.6 Å². The van der Waals surface area contributed by atoms with E-state index in [-0.39, 0.29) is 37.1 Å². The maximum Gasteiger partial charge on any atom is 0 e. The van der Waals surface area contributed by atoms with Gasteiger partial charge in [0.1, 0.15) is 0 Å². The number of aliphatic hydroxyl groups is 1. The minimum absolute atomic E-state index is 0. The molecular weight excluding hydrogens is 759 g/mol. The summed E-state index contributed by atoms with van der Waals surface area (Å²) >= 11 is -1.91. The number of carbonyl (C=O) groups excluding carboxylic acids is 1. The summed E-state index contributed by atoms with van der Waals surface area (Å²) < 4.78 is 1.60. The van der Waals surface area contributed by atoms with E-state index in [1.807, 2.05) is 6.20 Å². The first-order chi connectivity index (χ1) is 18.5. The van der Waals surface area contributed by atoms with Crippen molar-refractivity contribution in [3.8, 4) is 22.4 Å². The first kappa shape index (κ1) is 33.2. The van der Waals surface area contributed by atoms with Crippen LogP contribution < -0.4 is 14.8 Å². The molecule has 1 aliphatic rings. The number of rotatable bonds is 3. The minimum Gasteiger partial charge on any atom is 0 e. The molecule has 0 bridgehead atoms. The second kappa shape index (κ2) is 12.1. The zero-order chi connectivity index (χ0) is 29.6. The molecule has 0 atom stereocenters. The van der Waals surface area contributed by atoms with Gasteiger partial charge in [0.05, 0.1) is 5.76 Å². The molecule has 0 saturated carbocycles. The van der Waals surface area contributed by atoms with Crippen LogP contribution in [0.1, 0.15) is 40.2 Å². The third-order valence-corrected chi connectivity index (χ3v) is 15.5. The Kier molecular flexibility index (Phi) is 9.82. The molecule has 1 aliphatic heterocycles. The van der Waals surface area contributed by atoms with Crippen LogP contribution in [-0.2, 0) is 30.3 Å². The maximum atomic E-state index is 10.0. The second-order valence-electron chi connectivity index (χ2n) is 13.5. The molecule has 1 aromatic heterocycles. The quantitative estimate of drug-likeness (QED) is 0.102. The number of pyridine rings is 1. The average Bonchev–Trinajstić information content (AvgIpc) is 3.08. The molecule has 0 aliphatic carbocycles. The van der Waals surface area contributed by atoms with Gasteiger partial charge >= 0.3 is 203 Å². The Hall–Kier alpha value is -2.31. The predicted molar refractivity (Wildman–Crippen MR) is 177 cm³/mol. The molecule has 0 saturated heterocycles. The van der Waals surface area contributed by atoms with Crippen molar-refractivity contribution in [3.05, 3.63) is 84.3 Å². The fraction of sp³-hybridized carbons (Fsp3) is 0.314. The third kappa shape index (κ3) is 6.85. The van der Waals surface area contributed by atoms with Crippen LogP contribution in [0.25, 0.3) is 33.2 Å². The van der Waals surface area contributed by atoms with Gasteiger partial charge in [0, 0.05) is 26.2 Å². The van der Waals surface area contributed by atoms with Gasteiger partial charge in [-0.25, -0.2) is 0 Å². The van der Waals surface area contributed by atoms with Crippen LogP contribution in [0.2, 0.25) is 30.4 Å². The molecule has 4 aromatic rings. The van der Waals surface area contributed by atoms with E-state index < -0.39 is 21.3 Å². The van der Waals surface area contributed by atoms with Crippen molar-refractivity contribution in [2.24, 2.45) is 0 Å². The van der Waals surface area contributed by atoms with Gasteiger partial charge in [-0.05, 0) is 13.8 Å². The largest absolute Gasteiger partial charge is 0 e. The summed E-state index contributed by atoms with van der Waals surface area (Å²) in [7, 11) is -1.90. The molecule has 3 aromatic carbocycles. The van der Waals surface area contributed by atoms with E-state index in [9.17, 15) is 4.79 Å². The number of nitrogens with zero attached hydrogens (tertiary/aromatic N) is 1. The van der Waals surface area contributed by atoms with Crippen LogP contribution in [0.15, 0.2) is 72.6 Å². The number of hydrogen-bond donors (Lipinski definition) is 1. The van der Waals surface area contributed by atoms with Crippen molar-refractivity contribution in [3.63, 3.8) is 0 Å². The third-order valence-electron chi connectivity index (χ3n) is 7.68. The van der Waals surface area contributed by atoms with Crippen molar-refractivity contribution >= 4 is 52.7 Å². The zero-order valence-electron chi connectivity index (χ0n) is 26.0. The molecule has 1 radical (unpaired) electrons. The number of aromatic nitrogens is 1. The summed E-state index contributed by atoms with van der Waals surface area (Å²) in [6.45, 7) is 14.8. The summed E-state index contributed by atoms with van der Waals surface area (Å²) in [5.74, 6) is 7.41. The summed E-state index contributed by atoms with van der Waals surface area (Å²) in [4.78, 5) is 15.0. The number of aliphatic hydroxyl groups excluding tert-OH is 1. The number of fused-ring (bicyclic) bond motifs is 4. The van der Waals surface area contributed by atoms with Gasteiger partial charge in [-0.3, -0.25) is 4.79 Å². The number of ketones is 1. The fourth-order valence-corrected chi connectivity index (χ4v) is 11.8. The monoisotopic (exact) mass is 803 g/mol. The molecule has 0 amide bonds. The molecule has 1 N–H and O–H groups in total. The molecule has 217 valence electrons. The molecule has 3 nitrogen and oxygen atoms in total. The normalized spacial score (nSPS) is 14.0. The Labute approximate surface area is 263 Å². The van der Waals surface area contributed by atoms with Crippen molar-refractivity contribution < 1.29 is 30.0 Å². The van der Waals surface area contributed by atoms with Crippen molar-refractivity contribution in [2.45, 2.75) is 70.4 Å². The second-order valence-corrected chi connectivity index (χ2v) is 28.4. The van der Waals surface area contributed by atoms with Crippen LogP contribution in [0.5, 0.6) is 0 Å². The zero-order valence-corrected chi connectivity index (χ0v) is 31.5. The molecule has 5 rings (SSSR count). The molecule has 2 heterocycles. The van der Waals surface area contributed by atoms with Crippen LogP contribution in [-0.4, -0.2) is 37.2 Å². The standard InChI is InChI=1S/C30H34GeNSi.C5H8O2.Ir/c1-30(2,3)26-18-21(17-20-11-9-10-12-23(20)26)28-29-25(15-16-32-28)24-14-13-22(31(4,5)6)19-27(24)33(29,7)8;1-4(6)3-5(2)7;/h9-16,18-19H,1-8H3;3,6H,1-2H3;/q-1;;/b;4-3-;.